The standard InChI is InChI=1S/C16H19N5O2/c1-11(9-22-2)18-15-8-14(20-21-10-17-19-16(15)21)12-4-6-13(23-3)7-5-12/h4-8,10-11,18H,9H2,1-3H3. The number of nitrogens with one attached hydrogen (secondary N) is 1. The summed E-state index contributed by atoms with van der Waals surface area (Å²) in [5.41, 5.74) is 3.37. The van der Waals surface area contributed by atoms with Crippen molar-refractivity contribution in [3.8, 4) is 17.0 Å². The number of rotatable bonds is 6. The van der Waals surface area contributed by atoms with Gasteiger partial charge < -0.3 is 14.8 Å². The molecule has 0 amide bonds. The first-order valence-corrected chi connectivity index (χ1v) is 7.32. The Morgan fingerprint density at radius 3 is 2.70 bits per heavy atom. The lowest BCUT2D eigenvalue weighted by molar-refractivity contribution is 0.190. The van der Waals surface area contributed by atoms with Gasteiger partial charge in [-0.05, 0) is 37.3 Å². The second kappa shape index (κ2) is 6.62. The van der Waals surface area contributed by atoms with Crippen molar-refractivity contribution in [2.75, 3.05) is 26.1 Å². The third-order valence-corrected chi connectivity index (χ3v) is 3.47. The zero-order chi connectivity index (χ0) is 16.2. The molecule has 0 aliphatic carbocycles. The van der Waals surface area contributed by atoms with Gasteiger partial charge in [-0.3, -0.25) is 0 Å². The summed E-state index contributed by atoms with van der Waals surface area (Å²) in [6.45, 7) is 2.64. The van der Waals surface area contributed by atoms with Crippen molar-refractivity contribution in [1.29, 1.82) is 0 Å². The van der Waals surface area contributed by atoms with Gasteiger partial charge in [0, 0.05) is 18.7 Å². The third-order valence-electron chi connectivity index (χ3n) is 3.47. The molecular weight excluding hydrogens is 294 g/mol. The Bertz CT molecular complexity index is 785. The molecule has 120 valence electrons. The summed E-state index contributed by atoms with van der Waals surface area (Å²) >= 11 is 0. The molecule has 0 saturated carbocycles. The fraction of sp³-hybridized carbons (Fsp3) is 0.312. The number of hydrogen-bond donors (Lipinski definition) is 1. The molecule has 0 saturated heterocycles. The SMILES string of the molecule is COCC(C)Nc1cc(-c2ccc(OC)cc2)nn2cnnc12. The van der Waals surface area contributed by atoms with Crippen LogP contribution in [0.4, 0.5) is 5.69 Å². The Hall–Kier alpha value is -2.67. The van der Waals surface area contributed by atoms with E-state index in [1.807, 2.05) is 37.3 Å². The van der Waals surface area contributed by atoms with Gasteiger partial charge in [-0.15, -0.1) is 10.2 Å². The van der Waals surface area contributed by atoms with Crippen molar-refractivity contribution in [3.05, 3.63) is 36.7 Å². The Balaban J connectivity index is 2.00. The molecule has 1 aromatic carbocycles. The van der Waals surface area contributed by atoms with Crippen molar-refractivity contribution in [3.63, 3.8) is 0 Å². The van der Waals surface area contributed by atoms with Crippen molar-refractivity contribution >= 4 is 11.3 Å². The molecule has 0 spiro atoms. The van der Waals surface area contributed by atoms with Gasteiger partial charge in [-0.25, -0.2) is 0 Å². The fourth-order valence-electron chi connectivity index (χ4n) is 2.39. The van der Waals surface area contributed by atoms with E-state index in [2.05, 4.69) is 20.6 Å². The van der Waals surface area contributed by atoms with Crippen LogP contribution in [-0.4, -0.2) is 46.7 Å². The molecule has 2 heterocycles. The number of nitrogens with zero attached hydrogens (tertiary/aromatic N) is 4. The molecule has 0 fully saturated rings. The predicted molar refractivity (Wildman–Crippen MR) is 87.7 cm³/mol. The van der Waals surface area contributed by atoms with Gasteiger partial charge in [-0.2, -0.15) is 9.61 Å². The van der Waals surface area contributed by atoms with E-state index in [-0.39, 0.29) is 6.04 Å². The maximum absolute atomic E-state index is 5.19. The summed E-state index contributed by atoms with van der Waals surface area (Å²) in [6, 6.07) is 9.88. The number of hydrogen-bond acceptors (Lipinski definition) is 6. The first-order valence-electron chi connectivity index (χ1n) is 7.32. The van der Waals surface area contributed by atoms with Gasteiger partial charge in [0.15, 0.2) is 0 Å². The van der Waals surface area contributed by atoms with Crippen LogP contribution in [0, 0.1) is 0 Å². The Morgan fingerprint density at radius 1 is 1.22 bits per heavy atom. The minimum atomic E-state index is 0.145. The molecule has 0 radical (unpaired) electrons. The van der Waals surface area contributed by atoms with Crippen molar-refractivity contribution < 1.29 is 9.47 Å². The first-order chi connectivity index (χ1) is 11.2. The molecule has 3 rings (SSSR count). The summed E-state index contributed by atoms with van der Waals surface area (Å²) < 4.78 is 12.0. The monoisotopic (exact) mass is 313 g/mol. The van der Waals surface area contributed by atoms with Crippen molar-refractivity contribution in [1.82, 2.24) is 19.8 Å². The average Bonchev–Trinajstić information content (AvgIpc) is 3.04. The van der Waals surface area contributed by atoms with Crippen LogP contribution >= 0.6 is 0 Å². The molecule has 1 N–H and O–H groups in total. The number of anilines is 1. The number of methoxy groups -OCH3 is 2. The van der Waals surface area contributed by atoms with Crippen LogP contribution in [-0.2, 0) is 4.74 Å². The zero-order valence-corrected chi connectivity index (χ0v) is 13.4. The van der Waals surface area contributed by atoms with Crippen LogP contribution in [0.5, 0.6) is 5.75 Å². The van der Waals surface area contributed by atoms with E-state index in [4.69, 9.17) is 9.47 Å². The topological polar surface area (TPSA) is 73.6 Å². The van der Waals surface area contributed by atoms with Gasteiger partial charge in [0.05, 0.1) is 25.1 Å². The second-order valence-electron chi connectivity index (χ2n) is 5.27. The quantitative estimate of drug-likeness (QED) is 0.752. The highest BCUT2D eigenvalue weighted by Gasteiger charge is 2.12. The van der Waals surface area contributed by atoms with E-state index >= 15 is 0 Å². The van der Waals surface area contributed by atoms with E-state index in [1.54, 1.807) is 25.1 Å². The number of ether oxygens (including phenoxy) is 2. The maximum atomic E-state index is 5.19. The normalized spacial score (nSPS) is 12.3. The van der Waals surface area contributed by atoms with Crippen LogP contribution in [0.2, 0.25) is 0 Å². The van der Waals surface area contributed by atoms with Crippen molar-refractivity contribution in [2.24, 2.45) is 0 Å². The van der Waals surface area contributed by atoms with Crippen LogP contribution in [0.3, 0.4) is 0 Å². The van der Waals surface area contributed by atoms with Gasteiger partial charge in [0.2, 0.25) is 5.65 Å². The third kappa shape index (κ3) is 3.24. The van der Waals surface area contributed by atoms with Crippen LogP contribution in [0.25, 0.3) is 16.9 Å². The fourth-order valence-corrected chi connectivity index (χ4v) is 2.39. The largest absolute Gasteiger partial charge is 0.497 e. The van der Waals surface area contributed by atoms with Gasteiger partial charge in [0.1, 0.15) is 12.1 Å². The number of aromatic nitrogens is 4. The summed E-state index contributed by atoms with van der Waals surface area (Å²) in [5.74, 6) is 0.811. The van der Waals surface area contributed by atoms with Gasteiger partial charge >= 0.3 is 0 Å². The molecule has 0 aliphatic rings. The van der Waals surface area contributed by atoms with E-state index in [0.29, 0.717) is 12.3 Å². The molecule has 2 aromatic heterocycles. The van der Waals surface area contributed by atoms with Crippen LogP contribution in [0.15, 0.2) is 36.7 Å². The highest BCUT2D eigenvalue weighted by atomic mass is 16.5. The highest BCUT2D eigenvalue weighted by molar-refractivity contribution is 5.73. The first kappa shape index (κ1) is 15.2. The molecule has 1 atom stereocenters. The lowest BCUT2D eigenvalue weighted by atomic mass is 10.1. The van der Waals surface area contributed by atoms with E-state index < -0.39 is 0 Å². The Labute approximate surface area is 134 Å². The van der Waals surface area contributed by atoms with E-state index in [9.17, 15) is 0 Å². The smallest absolute Gasteiger partial charge is 0.200 e. The number of fused-ring (bicyclic) bond motifs is 1. The van der Waals surface area contributed by atoms with Crippen molar-refractivity contribution in [2.45, 2.75) is 13.0 Å². The van der Waals surface area contributed by atoms with E-state index in [0.717, 1.165) is 22.7 Å². The molecular formula is C16H19N5O2. The molecule has 0 bridgehead atoms. The van der Waals surface area contributed by atoms with Crippen LogP contribution < -0.4 is 10.1 Å². The molecule has 3 aromatic rings. The minimum Gasteiger partial charge on any atom is -0.497 e. The summed E-state index contributed by atoms with van der Waals surface area (Å²) in [6.07, 6.45) is 1.59. The molecule has 1 unspecified atom stereocenters. The summed E-state index contributed by atoms with van der Waals surface area (Å²) in [4.78, 5) is 0. The summed E-state index contributed by atoms with van der Waals surface area (Å²) in [7, 11) is 3.33. The zero-order valence-electron chi connectivity index (χ0n) is 13.4. The maximum Gasteiger partial charge on any atom is 0.200 e. The second-order valence-corrected chi connectivity index (χ2v) is 5.27. The average molecular weight is 313 g/mol. The van der Waals surface area contributed by atoms with Crippen LogP contribution in [0.1, 0.15) is 6.92 Å². The predicted octanol–water partition coefficient (Wildman–Crippen LogP) is 2.25. The molecule has 0 aliphatic heterocycles. The molecule has 7 nitrogen and oxygen atoms in total. The highest BCUT2D eigenvalue weighted by Crippen LogP contribution is 2.25. The van der Waals surface area contributed by atoms with E-state index in [1.165, 1.54) is 0 Å². The Kier molecular flexibility index (Phi) is 4.38. The minimum absolute atomic E-state index is 0.145. The van der Waals surface area contributed by atoms with Gasteiger partial charge in [-0.1, -0.05) is 0 Å². The summed E-state index contributed by atoms with van der Waals surface area (Å²) in [5, 5.41) is 16.0. The molecule has 7 heteroatoms. The number of benzene rings is 1. The lowest BCUT2D eigenvalue weighted by Gasteiger charge is -2.15. The van der Waals surface area contributed by atoms with Gasteiger partial charge in [0.25, 0.3) is 0 Å². The molecule has 23 heavy (non-hydrogen) atoms. The Morgan fingerprint density at radius 2 is 2.00 bits per heavy atom. The lowest BCUT2D eigenvalue weighted by Crippen LogP contribution is -2.21.